The number of hydrogen-bond donors (Lipinski definition) is 1. The highest BCUT2D eigenvalue weighted by molar-refractivity contribution is 5.62. The Kier molecular flexibility index (Phi) is 3.06. The van der Waals surface area contributed by atoms with Gasteiger partial charge in [0.15, 0.2) is 0 Å². The fourth-order valence-electron chi connectivity index (χ4n) is 3.32. The molecule has 1 fully saturated rings. The van der Waals surface area contributed by atoms with Gasteiger partial charge in [0.05, 0.1) is 0 Å². The molecular weight excluding hydrogens is 208 g/mol. The van der Waals surface area contributed by atoms with E-state index < -0.39 is 0 Å². The average molecular weight is 230 g/mol. The molecule has 3 rings (SSSR count). The lowest BCUT2D eigenvalue weighted by Gasteiger charge is -2.29. The Morgan fingerprint density at radius 1 is 1.41 bits per heavy atom. The lowest BCUT2D eigenvalue weighted by Crippen LogP contribution is -2.37. The second kappa shape index (κ2) is 4.69. The second-order valence-electron chi connectivity index (χ2n) is 5.49. The van der Waals surface area contributed by atoms with Crippen molar-refractivity contribution in [3.8, 4) is 0 Å². The van der Waals surface area contributed by atoms with Gasteiger partial charge in [0, 0.05) is 18.8 Å². The topological polar surface area (TPSA) is 15.3 Å². The zero-order valence-electron chi connectivity index (χ0n) is 10.7. The zero-order valence-corrected chi connectivity index (χ0v) is 10.7. The summed E-state index contributed by atoms with van der Waals surface area (Å²) in [4.78, 5) is 2.61. The van der Waals surface area contributed by atoms with Crippen molar-refractivity contribution >= 4 is 5.69 Å². The molecule has 2 nitrogen and oxygen atoms in total. The molecule has 1 aromatic carbocycles. The van der Waals surface area contributed by atoms with E-state index in [1.165, 1.54) is 56.7 Å². The number of fused-ring (bicyclic) bond motifs is 1. The summed E-state index contributed by atoms with van der Waals surface area (Å²) in [7, 11) is 0. The van der Waals surface area contributed by atoms with Crippen molar-refractivity contribution in [1.29, 1.82) is 0 Å². The molecule has 0 amide bonds. The number of benzene rings is 1. The quantitative estimate of drug-likeness (QED) is 0.839. The van der Waals surface area contributed by atoms with Crippen molar-refractivity contribution in [2.45, 2.75) is 26.2 Å². The van der Waals surface area contributed by atoms with Crippen molar-refractivity contribution in [2.24, 2.45) is 5.92 Å². The van der Waals surface area contributed by atoms with Gasteiger partial charge in [-0.05, 0) is 56.3 Å². The maximum absolute atomic E-state index is 3.52. The van der Waals surface area contributed by atoms with Gasteiger partial charge in [-0.15, -0.1) is 0 Å². The third-order valence-electron chi connectivity index (χ3n) is 4.17. The maximum Gasteiger partial charge on any atom is 0.0429 e. The molecule has 1 saturated heterocycles. The largest absolute Gasteiger partial charge is 0.370 e. The van der Waals surface area contributed by atoms with Crippen LogP contribution in [0.1, 0.15) is 24.0 Å². The van der Waals surface area contributed by atoms with Gasteiger partial charge in [0.2, 0.25) is 0 Å². The Bertz CT molecular complexity index is 394. The molecule has 2 heterocycles. The predicted octanol–water partition coefficient (Wildman–Crippen LogP) is 2.36. The summed E-state index contributed by atoms with van der Waals surface area (Å²) in [6.45, 7) is 7.13. The minimum atomic E-state index is 0.842. The number of piperidine rings is 1. The molecule has 17 heavy (non-hydrogen) atoms. The number of aryl methyl sites for hydroxylation is 1. The second-order valence-corrected chi connectivity index (χ2v) is 5.49. The van der Waals surface area contributed by atoms with E-state index in [4.69, 9.17) is 0 Å². The summed E-state index contributed by atoms with van der Waals surface area (Å²) < 4.78 is 0. The van der Waals surface area contributed by atoms with Crippen LogP contribution in [0.4, 0.5) is 5.69 Å². The number of anilines is 1. The molecule has 0 spiro atoms. The minimum Gasteiger partial charge on any atom is -0.370 e. The molecule has 0 aromatic heterocycles. The molecule has 0 bridgehead atoms. The minimum absolute atomic E-state index is 0.842. The fraction of sp³-hybridized carbons (Fsp3) is 0.600. The van der Waals surface area contributed by atoms with Crippen LogP contribution in [-0.4, -0.2) is 26.2 Å². The molecule has 92 valence electrons. The lowest BCUT2D eigenvalue weighted by molar-refractivity contribution is 0.378. The van der Waals surface area contributed by atoms with E-state index in [1.807, 2.05) is 0 Å². The summed E-state index contributed by atoms with van der Waals surface area (Å²) in [6.07, 6.45) is 3.97. The van der Waals surface area contributed by atoms with Crippen LogP contribution in [-0.2, 0) is 6.42 Å². The third kappa shape index (κ3) is 2.19. The summed E-state index contributed by atoms with van der Waals surface area (Å²) >= 11 is 0. The van der Waals surface area contributed by atoms with Crippen molar-refractivity contribution in [3.63, 3.8) is 0 Å². The molecule has 2 aliphatic heterocycles. The number of hydrogen-bond acceptors (Lipinski definition) is 2. The van der Waals surface area contributed by atoms with Crippen molar-refractivity contribution < 1.29 is 0 Å². The van der Waals surface area contributed by atoms with Crippen molar-refractivity contribution in [2.75, 3.05) is 31.1 Å². The molecule has 2 heteroatoms. The molecular formula is C15H22N2. The van der Waals surface area contributed by atoms with Crippen LogP contribution in [0.25, 0.3) is 0 Å². The summed E-state index contributed by atoms with van der Waals surface area (Å²) in [5, 5.41) is 3.52. The van der Waals surface area contributed by atoms with E-state index >= 15 is 0 Å². The Hall–Kier alpha value is -1.02. The molecule has 1 N–H and O–H groups in total. The summed E-state index contributed by atoms with van der Waals surface area (Å²) in [5.74, 6) is 0.842. The first-order valence-corrected chi connectivity index (χ1v) is 6.89. The number of nitrogens with zero attached hydrogens (tertiary/aromatic N) is 1. The lowest BCUT2D eigenvalue weighted by atomic mass is 9.99. The van der Waals surface area contributed by atoms with Crippen molar-refractivity contribution in [1.82, 2.24) is 5.32 Å². The molecule has 1 atom stereocenters. The van der Waals surface area contributed by atoms with E-state index in [1.54, 1.807) is 5.56 Å². The van der Waals surface area contributed by atoms with Crippen LogP contribution < -0.4 is 10.2 Å². The molecule has 0 aliphatic carbocycles. The van der Waals surface area contributed by atoms with Gasteiger partial charge in [-0.1, -0.05) is 18.2 Å². The van der Waals surface area contributed by atoms with Gasteiger partial charge < -0.3 is 10.2 Å². The highest BCUT2D eigenvalue weighted by Gasteiger charge is 2.24. The molecule has 1 aromatic rings. The monoisotopic (exact) mass is 230 g/mol. The van der Waals surface area contributed by atoms with Gasteiger partial charge in [0.25, 0.3) is 0 Å². The van der Waals surface area contributed by atoms with E-state index in [2.05, 4.69) is 35.3 Å². The first-order valence-electron chi connectivity index (χ1n) is 6.89. The van der Waals surface area contributed by atoms with Crippen LogP contribution in [0.15, 0.2) is 18.2 Å². The number of rotatable bonds is 2. The highest BCUT2D eigenvalue weighted by atomic mass is 15.2. The van der Waals surface area contributed by atoms with E-state index in [9.17, 15) is 0 Å². The Morgan fingerprint density at radius 3 is 3.18 bits per heavy atom. The van der Waals surface area contributed by atoms with Gasteiger partial charge in [-0.2, -0.15) is 0 Å². The number of para-hydroxylation sites is 1. The van der Waals surface area contributed by atoms with Gasteiger partial charge in [0.1, 0.15) is 0 Å². The van der Waals surface area contributed by atoms with Gasteiger partial charge in [-0.25, -0.2) is 0 Å². The average Bonchev–Trinajstić information content (AvgIpc) is 2.75. The molecule has 0 saturated carbocycles. The SMILES string of the molecule is Cc1cccc2c1N(CC1CCCNC1)CC2. The van der Waals surface area contributed by atoms with E-state index in [-0.39, 0.29) is 0 Å². The maximum atomic E-state index is 3.52. The standard InChI is InChI=1S/C15H22N2/c1-12-4-2-6-14-7-9-17(15(12)14)11-13-5-3-8-16-10-13/h2,4,6,13,16H,3,5,7-11H2,1H3. The van der Waals surface area contributed by atoms with Crippen LogP contribution >= 0.6 is 0 Å². The Balaban J connectivity index is 1.74. The van der Waals surface area contributed by atoms with Crippen molar-refractivity contribution in [3.05, 3.63) is 29.3 Å². The van der Waals surface area contributed by atoms with Crippen LogP contribution in [0, 0.1) is 12.8 Å². The Labute approximate surface area is 104 Å². The normalized spacial score (nSPS) is 23.8. The van der Waals surface area contributed by atoms with Crippen LogP contribution in [0.3, 0.4) is 0 Å². The zero-order chi connectivity index (χ0) is 11.7. The molecule has 2 aliphatic rings. The van der Waals surface area contributed by atoms with Gasteiger partial charge in [-0.3, -0.25) is 0 Å². The van der Waals surface area contributed by atoms with Gasteiger partial charge >= 0.3 is 0 Å². The van der Waals surface area contributed by atoms with Crippen LogP contribution in [0.2, 0.25) is 0 Å². The first-order chi connectivity index (χ1) is 8.34. The number of nitrogens with one attached hydrogen (secondary N) is 1. The van der Waals surface area contributed by atoms with E-state index in [0.717, 1.165) is 5.92 Å². The third-order valence-corrected chi connectivity index (χ3v) is 4.17. The van der Waals surface area contributed by atoms with E-state index in [0.29, 0.717) is 0 Å². The first kappa shape index (κ1) is 11.1. The Morgan fingerprint density at radius 2 is 2.35 bits per heavy atom. The molecule has 1 unspecified atom stereocenters. The highest BCUT2D eigenvalue weighted by Crippen LogP contribution is 2.32. The smallest absolute Gasteiger partial charge is 0.0429 e. The van der Waals surface area contributed by atoms with Crippen LogP contribution in [0.5, 0.6) is 0 Å². The fourth-order valence-corrected chi connectivity index (χ4v) is 3.32. The predicted molar refractivity (Wildman–Crippen MR) is 72.7 cm³/mol. The summed E-state index contributed by atoms with van der Waals surface area (Å²) in [5.41, 5.74) is 4.52. The summed E-state index contributed by atoms with van der Waals surface area (Å²) in [6, 6.07) is 6.73. The molecule has 0 radical (unpaired) electrons.